The minimum absolute atomic E-state index is 0.199. The lowest BCUT2D eigenvalue weighted by Crippen LogP contribution is -2.39. The van der Waals surface area contributed by atoms with Crippen molar-refractivity contribution < 1.29 is 18.3 Å². The summed E-state index contributed by atoms with van der Waals surface area (Å²) in [6, 6.07) is 6.40. The fourth-order valence-electron chi connectivity index (χ4n) is 3.44. The normalized spacial score (nSPS) is 14.6. The van der Waals surface area contributed by atoms with Gasteiger partial charge in [-0.05, 0) is 56.5 Å². The van der Waals surface area contributed by atoms with Gasteiger partial charge in [0.15, 0.2) is 11.2 Å². The van der Waals surface area contributed by atoms with Crippen LogP contribution < -0.4 is 0 Å². The monoisotopic (exact) mass is 443 g/mol. The Hall–Kier alpha value is -2.93. The number of carbonyl (C=O) groups is 1. The van der Waals surface area contributed by atoms with Crippen LogP contribution in [0, 0.1) is 5.82 Å². The number of oxazole rings is 1. The van der Waals surface area contributed by atoms with E-state index in [0.29, 0.717) is 47.2 Å². The van der Waals surface area contributed by atoms with Gasteiger partial charge >= 0.3 is 6.09 Å². The summed E-state index contributed by atoms with van der Waals surface area (Å²) in [6.07, 6.45) is 4.19. The summed E-state index contributed by atoms with van der Waals surface area (Å²) >= 11 is 5.82. The van der Waals surface area contributed by atoms with Gasteiger partial charge in [0.05, 0.1) is 6.42 Å². The molecule has 162 valence electrons. The zero-order valence-electron chi connectivity index (χ0n) is 17.6. The lowest BCUT2D eigenvalue weighted by atomic mass is 10.00. The second-order valence-corrected chi connectivity index (χ2v) is 8.87. The zero-order valence-corrected chi connectivity index (χ0v) is 18.4. The lowest BCUT2D eigenvalue weighted by Gasteiger charge is -2.29. The molecule has 8 heteroatoms. The molecular weight excluding hydrogens is 421 g/mol. The quantitative estimate of drug-likeness (QED) is 0.524. The maximum absolute atomic E-state index is 14.1. The van der Waals surface area contributed by atoms with E-state index in [2.05, 4.69) is 9.97 Å². The minimum Gasteiger partial charge on any atom is -0.444 e. The summed E-state index contributed by atoms with van der Waals surface area (Å²) in [6.45, 7) is 6.54. The van der Waals surface area contributed by atoms with E-state index in [-0.39, 0.29) is 12.5 Å². The molecule has 0 N–H and O–H groups in total. The van der Waals surface area contributed by atoms with Crippen LogP contribution in [0.2, 0.25) is 5.02 Å². The van der Waals surface area contributed by atoms with Crippen LogP contribution in [0.5, 0.6) is 0 Å². The molecule has 0 aliphatic carbocycles. The second-order valence-electron chi connectivity index (χ2n) is 8.44. The number of nitrogens with zero attached hydrogens (tertiary/aromatic N) is 3. The predicted octanol–water partition coefficient (Wildman–Crippen LogP) is 5.63. The summed E-state index contributed by atoms with van der Waals surface area (Å²) in [4.78, 5) is 22.7. The Morgan fingerprint density at radius 2 is 2.13 bits per heavy atom. The van der Waals surface area contributed by atoms with Gasteiger partial charge in [0.2, 0.25) is 5.89 Å². The number of ether oxygens (including phenoxy) is 1. The van der Waals surface area contributed by atoms with Crippen LogP contribution in [-0.2, 0) is 11.2 Å². The fourth-order valence-corrected chi connectivity index (χ4v) is 3.60. The van der Waals surface area contributed by atoms with Crippen molar-refractivity contribution in [3.05, 3.63) is 64.4 Å². The summed E-state index contributed by atoms with van der Waals surface area (Å²) < 4.78 is 25.6. The van der Waals surface area contributed by atoms with Gasteiger partial charge in [0.25, 0.3) is 0 Å². The van der Waals surface area contributed by atoms with Crippen molar-refractivity contribution in [2.24, 2.45) is 0 Å². The molecule has 0 saturated carbocycles. The molecule has 3 aromatic rings. The maximum atomic E-state index is 14.1. The highest BCUT2D eigenvalue weighted by Gasteiger charge is 2.25. The van der Waals surface area contributed by atoms with Crippen molar-refractivity contribution in [3.63, 3.8) is 0 Å². The zero-order chi connectivity index (χ0) is 22.2. The first-order valence-electron chi connectivity index (χ1n) is 10.1. The van der Waals surface area contributed by atoms with Crippen LogP contribution in [0.25, 0.3) is 16.8 Å². The number of halogens is 2. The Bertz CT molecular complexity index is 1170. The Labute approximate surface area is 184 Å². The first kappa shape index (κ1) is 21.3. The molecular formula is C23H23ClFN3O3. The molecule has 0 fully saturated rings. The number of aromatic nitrogens is 2. The highest BCUT2D eigenvalue weighted by Crippen LogP contribution is 2.30. The van der Waals surface area contributed by atoms with Crippen LogP contribution in [0.1, 0.15) is 44.2 Å². The van der Waals surface area contributed by atoms with Gasteiger partial charge < -0.3 is 14.1 Å². The number of hydrogen-bond donors (Lipinski definition) is 0. The van der Waals surface area contributed by atoms with Crippen molar-refractivity contribution in [3.8, 4) is 0 Å². The molecule has 4 rings (SSSR count). The van der Waals surface area contributed by atoms with E-state index in [1.165, 1.54) is 6.07 Å². The van der Waals surface area contributed by atoms with E-state index in [1.54, 1.807) is 23.2 Å². The summed E-state index contributed by atoms with van der Waals surface area (Å²) in [7, 11) is 0. The smallest absolute Gasteiger partial charge is 0.410 e. The average molecular weight is 444 g/mol. The number of pyridine rings is 1. The second kappa shape index (κ2) is 8.30. The molecule has 1 aliphatic heterocycles. The molecule has 2 aromatic heterocycles. The van der Waals surface area contributed by atoms with Gasteiger partial charge in [0, 0.05) is 29.9 Å². The van der Waals surface area contributed by atoms with Crippen LogP contribution >= 0.6 is 11.6 Å². The summed E-state index contributed by atoms with van der Waals surface area (Å²) in [5.41, 5.74) is 2.87. The predicted molar refractivity (Wildman–Crippen MR) is 116 cm³/mol. The summed E-state index contributed by atoms with van der Waals surface area (Å²) in [5, 5.41) is 0.340. The van der Waals surface area contributed by atoms with Crippen LogP contribution in [0.3, 0.4) is 0 Å². The number of rotatable bonds is 3. The molecule has 1 aliphatic rings. The third-order valence-corrected chi connectivity index (χ3v) is 5.13. The Kier molecular flexibility index (Phi) is 5.71. The van der Waals surface area contributed by atoms with E-state index in [0.717, 1.165) is 11.1 Å². The van der Waals surface area contributed by atoms with Crippen molar-refractivity contribution in [2.45, 2.75) is 39.2 Å². The first-order chi connectivity index (χ1) is 14.7. The number of benzene rings is 1. The molecule has 0 radical (unpaired) electrons. The molecule has 0 bridgehead atoms. The first-order valence-corrected chi connectivity index (χ1v) is 10.4. The van der Waals surface area contributed by atoms with Crippen LogP contribution in [-0.4, -0.2) is 39.7 Å². The Balaban J connectivity index is 1.56. The molecule has 0 atom stereocenters. The topological polar surface area (TPSA) is 68.5 Å². The maximum Gasteiger partial charge on any atom is 0.410 e. The number of fused-ring (bicyclic) bond motifs is 1. The molecule has 1 amide bonds. The highest BCUT2D eigenvalue weighted by molar-refractivity contribution is 6.30. The third-order valence-electron chi connectivity index (χ3n) is 4.90. The van der Waals surface area contributed by atoms with Crippen molar-refractivity contribution >= 4 is 34.5 Å². The molecule has 1 aromatic carbocycles. The molecule has 0 spiro atoms. The largest absolute Gasteiger partial charge is 0.444 e. The van der Waals surface area contributed by atoms with Gasteiger partial charge in [-0.25, -0.2) is 14.2 Å². The van der Waals surface area contributed by atoms with Crippen molar-refractivity contribution in [1.82, 2.24) is 14.9 Å². The summed E-state index contributed by atoms with van der Waals surface area (Å²) in [5.74, 6) is -0.0249. The van der Waals surface area contributed by atoms with E-state index in [9.17, 15) is 9.18 Å². The lowest BCUT2D eigenvalue weighted by molar-refractivity contribution is 0.0270. The SMILES string of the molecule is CC(C)(C)OC(=O)N1CC=C(c2ccnc3nc(Cc4ccc(Cl)cc4F)oc23)CC1. The van der Waals surface area contributed by atoms with Gasteiger partial charge in [-0.2, -0.15) is 4.98 Å². The van der Waals surface area contributed by atoms with Crippen molar-refractivity contribution in [2.75, 3.05) is 13.1 Å². The minimum atomic E-state index is -0.530. The van der Waals surface area contributed by atoms with Crippen LogP contribution in [0.15, 0.2) is 41.0 Å². The van der Waals surface area contributed by atoms with Gasteiger partial charge in [-0.3, -0.25) is 0 Å². The molecule has 3 heterocycles. The molecule has 0 unspecified atom stereocenters. The third kappa shape index (κ3) is 4.88. The molecule has 31 heavy (non-hydrogen) atoms. The Morgan fingerprint density at radius 3 is 2.81 bits per heavy atom. The van der Waals surface area contributed by atoms with E-state index in [1.807, 2.05) is 32.9 Å². The van der Waals surface area contributed by atoms with E-state index < -0.39 is 11.4 Å². The highest BCUT2D eigenvalue weighted by atomic mass is 35.5. The Morgan fingerprint density at radius 1 is 1.32 bits per heavy atom. The number of carbonyl (C=O) groups excluding carboxylic acids is 1. The average Bonchev–Trinajstić information content (AvgIpc) is 3.11. The number of amides is 1. The molecule has 6 nitrogen and oxygen atoms in total. The fraction of sp³-hybridized carbons (Fsp3) is 0.348. The molecule has 0 saturated heterocycles. The van der Waals surface area contributed by atoms with Crippen molar-refractivity contribution in [1.29, 1.82) is 0 Å². The van der Waals surface area contributed by atoms with E-state index >= 15 is 0 Å². The standard InChI is InChI=1S/C23H23ClFN3O3/c1-23(2,3)31-22(29)28-10-7-14(8-11-28)17-6-9-26-21-20(17)30-19(27-21)12-15-4-5-16(24)13-18(15)25/h4-7,9,13H,8,10-12H2,1-3H3. The van der Waals surface area contributed by atoms with E-state index in [4.69, 9.17) is 20.8 Å². The van der Waals surface area contributed by atoms with Crippen LogP contribution in [0.4, 0.5) is 9.18 Å². The van der Waals surface area contributed by atoms with Gasteiger partial charge in [0.1, 0.15) is 11.4 Å². The number of hydrogen-bond acceptors (Lipinski definition) is 5. The van der Waals surface area contributed by atoms with Gasteiger partial charge in [-0.1, -0.05) is 23.7 Å². The van der Waals surface area contributed by atoms with Gasteiger partial charge in [-0.15, -0.1) is 0 Å².